The van der Waals surface area contributed by atoms with Gasteiger partial charge < -0.3 is 9.73 Å². The lowest BCUT2D eigenvalue weighted by Gasteiger charge is -2.07. The fraction of sp³-hybridized carbons (Fsp3) is 0.0909. The van der Waals surface area contributed by atoms with Crippen LogP contribution in [0.4, 0.5) is 10.1 Å². The predicted molar refractivity (Wildman–Crippen MR) is 113 cm³/mol. The van der Waals surface area contributed by atoms with Crippen LogP contribution in [0, 0.1) is 5.82 Å². The maximum atomic E-state index is 15.4. The van der Waals surface area contributed by atoms with Crippen LogP contribution in [0.2, 0.25) is 0 Å². The molecule has 7 heteroatoms. The Morgan fingerprint density at radius 1 is 1.21 bits per heavy atom. The van der Waals surface area contributed by atoms with E-state index in [1.165, 1.54) is 11.3 Å². The first kappa shape index (κ1) is 17.6. The molecule has 5 nitrogen and oxygen atoms in total. The fourth-order valence-corrected chi connectivity index (χ4v) is 4.15. The Hall–Kier alpha value is -3.45. The van der Waals surface area contributed by atoms with Crippen LogP contribution >= 0.6 is 11.3 Å². The minimum absolute atomic E-state index is 0.129. The lowest BCUT2D eigenvalue weighted by Crippen LogP contribution is -2.14. The number of para-hydroxylation sites is 1. The molecule has 0 fully saturated rings. The number of nitrogens with one attached hydrogen (secondary N) is 1. The first-order valence-electron chi connectivity index (χ1n) is 9.06. The van der Waals surface area contributed by atoms with Crippen LogP contribution in [0.25, 0.3) is 33.3 Å². The first-order chi connectivity index (χ1) is 14.1. The van der Waals surface area contributed by atoms with Gasteiger partial charge in [0.05, 0.1) is 23.0 Å². The van der Waals surface area contributed by atoms with Crippen molar-refractivity contribution >= 4 is 44.8 Å². The Bertz CT molecular complexity index is 1320. The number of fused-ring (bicyclic) bond motifs is 2. The zero-order valence-electron chi connectivity index (χ0n) is 15.5. The number of halogens is 1. The highest BCUT2D eigenvalue weighted by atomic mass is 32.1. The van der Waals surface area contributed by atoms with Gasteiger partial charge in [-0.3, -0.25) is 9.48 Å². The van der Waals surface area contributed by atoms with Crippen LogP contribution in [0.5, 0.6) is 0 Å². The number of benzene rings is 2. The van der Waals surface area contributed by atoms with E-state index in [9.17, 15) is 4.79 Å². The van der Waals surface area contributed by atoms with Crippen molar-refractivity contribution in [3.05, 3.63) is 70.7 Å². The molecule has 0 saturated carbocycles. The number of aromatic nitrogens is 2. The molecule has 3 heterocycles. The summed E-state index contributed by atoms with van der Waals surface area (Å²) in [7, 11) is 1.75. The van der Waals surface area contributed by atoms with Crippen LogP contribution in [-0.2, 0) is 18.3 Å². The van der Waals surface area contributed by atoms with E-state index in [0.29, 0.717) is 27.9 Å². The van der Waals surface area contributed by atoms with Crippen LogP contribution in [-0.4, -0.2) is 15.7 Å². The van der Waals surface area contributed by atoms with Crippen molar-refractivity contribution in [1.29, 1.82) is 0 Å². The summed E-state index contributed by atoms with van der Waals surface area (Å²) < 4.78 is 22.9. The van der Waals surface area contributed by atoms with Crippen molar-refractivity contribution < 1.29 is 13.6 Å². The summed E-state index contributed by atoms with van der Waals surface area (Å²) >= 11 is 1.49. The second-order valence-electron chi connectivity index (χ2n) is 6.75. The first-order valence-corrected chi connectivity index (χ1v) is 9.94. The number of nitrogens with zero attached hydrogens (tertiary/aromatic N) is 2. The summed E-state index contributed by atoms with van der Waals surface area (Å²) in [5.41, 5.74) is 1.87. The number of carbonyl (C=O) groups excluding carboxylic acids is 1. The Labute approximate surface area is 169 Å². The summed E-state index contributed by atoms with van der Waals surface area (Å²) in [6.07, 6.45) is 0.207. The smallest absolute Gasteiger partial charge is 0.229 e. The number of furan rings is 1. The number of hydrogen-bond acceptors (Lipinski definition) is 4. The van der Waals surface area contributed by atoms with E-state index < -0.39 is 5.82 Å². The standard InChI is InChI=1S/C22H16FN3O2S/c1-26-16-9-8-15(24-19(27)12-14-6-4-10-29-14)21(23)20(16)22(25-26)18-11-13-5-2-3-7-17(13)28-18/h2-11H,12H2,1H3,(H,24,27). The van der Waals surface area contributed by atoms with Gasteiger partial charge in [-0.05, 0) is 35.7 Å². The van der Waals surface area contributed by atoms with Gasteiger partial charge in [-0.15, -0.1) is 11.3 Å². The Morgan fingerprint density at radius 3 is 2.86 bits per heavy atom. The van der Waals surface area contributed by atoms with E-state index in [4.69, 9.17) is 4.42 Å². The molecule has 0 bridgehead atoms. The predicted octanol–water partition coefficient (Wildman–Crippen LogP) is 5.37. The number of rotatable bonds is 4. The van der Waals surface area contributed by atoms with E-state index >= 15 is 4.39 Å². The molecular weight excluding hydrogens is 389 g/mol. The largest absolute Gasteiger partial charge is 0.454 e. The average molecular weight is 405 g/mol. The van der Waals surface area contributed by atoms with Crippen molar-refractivity contribution in [2.75, 3.05) is 5.32 Å². The van der Waals surface area contributed by atoms with Crippen molar-refractivity contribution in [1.82, 2.24) is 9.78 Å². The van der Waals surface area contributed by atoms with Gasteiger partial charge in [0.1, 0.15) is 11.3 Å². The molecule has 1 amide bonds. The average Bonchev–Trinajstić information content (AvgIpc) is 3.42. The molecule has 0 unspecified atom stereocenters. The van der Waals surface area contributed by atoms with Gasteiger partial charge in [0, 0.05) is 17.3 Å². The fourth-order valence-electron chi connectivity index (χ4n) is 3.45. The van der Waals surface area contributed by atoms with E-state index in [1.54, 1.807) is 23.9 Å². The number of thiophene rings is 1. The molecular formula is C22H16FN3O2S. The van der Waals surface area contributed by atoms with Crippen molar-refractivity contribution in [3.8, 4) is 11.5 Å². The lowest BCUT2D eigenvalue weighted by atomic mass is 10.1. The molecule has 0 aliphatic rings. The number of amides is 1. The van der Waals surface area contributed by atoms with Crippen LogP contribution in [0.3, 0.4) is 0 Å². The van der Waals surface area contributed by atoms with Gasteiger partial charge >= 0.3 is 0 Å². The van der Waals surface area contributed by atoms with Gasteiger partial charge in [-0.2, -0.15) is 5.10 Å². The van der Waals surface area contributed by atoms with Gasteiger partial charge in [0.2, 0.25) is 5.91 Å². The molecule has 0 spiro atoms. The number of hydrogen-bond donors (Lipinski definition) is 1. The van der Waals surface area contributed by atoms with E-state index in [1.807, 2.05) is 47.8 Å². The van der Waals surface area contributed by atoms with Crippen molar-refractivity contribution in [2.45, 2.75) is 6.42 Å². The maximum Gasteiger partial charge on any atom is 0.229 e. The minimum Gasteiger partial charge on any atom is -0.454 e. The molecule has 5 rings (SSSR count). The third-order valence-electron chi connectivity index (χ3n) is 4.80. The lowest BCUT2D eigenvalue weighted by molar-refractivity contribution is -0.115. The minimum atomic E-state index is -0.523. The molecule has 5 aromatic rings. The van der Waals surface area contributed by atoms with E-state index in [-0.39, 0.29) is 18.0 Å². The Balaban J connectivity index is 1.57. The van der Waals surface area contributed by atoms with Crippen molar-refractivity contribution in [3.63, 3.8) is 0 Å². The highest BCUT2D eigenvalue weighted by molar-refractivity contribution is 7.10. The van der Waals surface area contributed by atoms with Crippen LogP contribution < -0.4 is 5.32 Å². The van der Waals surface area contributed by atoms with Crippen LogP contribution in [0.1, 0.15) is 4.88 Å². The van der Waals surface area contributed by atoms with Crippen molar-refractivity contribution in [2.24, 2.45) is 7.05 Å². The quantitative estimate of drug-likeness (QED) is 0.437. The highest BCUT2D eigenvalue weighted by Gasteiger charge is 2.21. The summed E-state index contributed by atoms with van der Waals surface area (Å²) in [6, 6.07) is 16.5. The number of aryl methyl sites for hydroxylation is 1. The third kappa shape index (κ3) is 3.09. The third-order valence-corrected chi connectivity index (χ3v) is 5.68. The second-order valence-corrected chi connectivity index (χ2v) is 7.78. The van der Waals surface area contributed by atoms with Gasteiger partial charge in [0.25, 0.3) is 0 Å². The molecule has 2 aromatic carbocycles. The highest BCUT2D eigenvalue weighted by Crippen LogP contribution is 2.35. The van der Waals surface area contributed by atoms with E-state index in [2.05, 4.69) is 10.4 Å². The Morgan fingerprint density at radius 2 is 2.07 bits per heavy atom. The topological polar surface area (TPSA) is 60.1 Å². The zero-order valence-corrected chi connectivity index (χ0v) is 16.3. The normalized spacial score (nSPS) is 11.4. The molecule has 0 aliphatic heterocycles. The zero-order chi connectivity index (χ0) is 20.0. The molecule has 0 radical (unpaired) electrons. The molecule has 0 aliphatic carbocycles. The monoisotopic (exact) mass is 405 g/mol. The van der Waals surface area contributed by atoms with Crippen LogP contribution in [0.15, 0.2) is 64.4 Å². The van der Waals surface area contributed by atoms with Gasteiger partial charge in [0.15, 0.2) is 11.6 Å². The SMILES string of the molecule is Cn1nc(-c2cc3ccccc3o2)c2c(F)c(NC(=O)Cc3cccs3)ccc21. The second kappa shape index (κ2) is 6.86. The maximum absolute atomic E-state index is 15.4. The van der Waals surface area contributed by atoms with Gasteiger partial charge in [-0.25, -0.2) is 4.39 Å². The van der Waals surface area contributed by atoms with Gasteiger partial charge in [-0.1, -0.05) is 24.3 Å². The summed E-state index contributed by atoms with van der Waals surface area (Å²) in [6.45, 7) is 0. The molecule has 0 atom stereocenters. The summed E-state index contributed by atoms with van der Waals surface area (Å²) in [5, 5.41) is 10.3. The molecule has 1 N–H and O–H groups in total. The number of anilines is 1. The summed E-state index contributed by atoms with van der Waals surface area (Å²) in [4.78, 5) is 13.3. The van der Waals surface area contributed by atoms with E-state index in [0.717, 1.165) is 10.3 Å². The molecule has 3 aromatic heterocycles. The Kier molecular flexibility index (Phi) is 4.17. The molecule has 144 valence electrons. The summed E-state index contributed by atoms with van der Waals surface area (Å²) in [5.74, 6) is -0.303. The molecule has 0 saturated heterocycles. The molecule has 29 heavy (non-hydrogen) atoms. The number of carbonyl (C=O) groups is 1.